The lowest BCUT2D eigenvalue weighted by Gasteiger charge is -2.18. The Labute approximate surface area is 113 Å². The van der Waals surface area contributed by atoms with Crippen molar-refractivity contribution in [2.45, 2.75) is 26.3 Å². The summed E-state index contributed by atoms with van der Waals surface area (Å²) < 4.78 is 0. The third kappa shape index (κ3) is 3.19. The van der Waals surface area contributed by atoms with Gasteiger partial charge >= 0.3 is 0 Å². The zero-order valence-corrected chi connectivity index (χ0v) is 11.3. The molecule has 0 aliphatic heterocycles. The topological polar surface area (TPSA) is 42.0 Å². The third-order valence-corrected chi connectivity index (χ3v) is 3.21. The molecule has 0 fully saturated rings. The molecular formula is C16H18N2O. The number of carbonyl (C=O) groups is 1. The van der Waals surface area contributed by atoms with Crippen LogP contribution >= 0.6 is 0 Å². The molecule has 0 radical (unpaired) electrons. The normalized spacial score (nSPS) is 11.9. The van der Waals surface area contributed by atoms with Crippen molar-refractivity contribution in [2.24, 2.45) is 0 Å². The van der Waals surface area contributed by atoms with Gasteiger partial charge in [0, 0.05) is 18.0 Å². The van der Waals surface area contributed by atoms with Crippen LogP contribution in [0.3, 0.4) is 0 Å². The summed E-state index contributed by atoms with van der Waals surface area (Å²) in [6.07, 6.45) is 4.34. The summed E-state index contributed by atoms with van der Waals surface area (Å²) in [5.41, 5.74) is 2.80. The quantitative estimate of drug-likeness (QED) is 0.909. The van der Waals surface area contributed by atoms with Gasteiger partial charge < -0.3 is 5.32 Å². The van der Waals surface area contributed by atoms with Crippen LogP contribution in [0.1, 0.15) is 40.9 Å². The molecule has 0 aliphatic rings. The number of hydrogen-bond donors (Lipinski definition) is 1. The zero-order chi connectivity index (χ0) is 13.7. The highest BCUT2D eigenvalue weighted by Crippen LogP contribution is 2.17. The van der Waals surface area contributed by atoms with Gasteiger partial charge in [-0.05, 0) is 42.7 Å². The van der Waals surface area contributed by atoms with E-state index in [4.69, 9.17) is 0 Å². The van der Waals surface area contributed by atoms with Crippen LogP contribution in [0.15, 0.2) is 48.8 Å². The summed E-state index contributed by atoms with van der Waals surface area (Å²) >= 11 is 0. The number of aromatic nitrogens is 1. The fraction of sp³-hybridized carbons (Fsp3) is 0.250. The zero-order valence-electron chi connectivity index (χ0n) is 11.3. The molecule has 1 aromatic carbocycles. The first-order valence-electron chi connectivity index (χ1n) is 6.48. The Hall–Kier alpha value is -2.16. The van der Waals surface area contributed by atoms with Crippen molar-refractivity contribution in [1.29, 1.82) is 0 Å². The Kier molecular flexibility index (Phi) is 4.29. The van der Waals surface area contributed by atoms with E-state index in [2.05, 4.69) is 17.2 Å². The molecule has 3 nitrogen and oxygen atoms in total. The van der Waals surface area contributed by atoms with Crippen LogP contribution in [0.25, 0.3) is 0 Å². The van der Waals surface area contributed by atoms with Crippen molar-refractivity contribution in [3.8, 4) is 0 Å². The molecule has 1 unspecified atom stereocenters. The fourth-order valence-electron chi connectivity index (χ4n) is 2.08. The minimum Gasteiger partial charge on any atom is -0.345 e. The lowest BCUT2D eigenvalue weighted by molar-refractivity contribution is 0.0935. The van der Waals surface area contributed by atoms with Crippen LogP contribution in [-0.2, 0) is 0 Å². The highest BCUT2D eigenvalue weighted by Gasteiger charge is 2.14. The van der Waals surface area contributed by atoms with Gasteiger partial charge in [0.05, 0.1) is 6.04 Å². The van der Waals surface area contributed by atoms with Gasteiger partial charge in [0.1, 0.15) is 0 Å². The first-order chi connectivity index (χ1) is 9.22. The summed E-state index contributed by atoms with van der Waals surface area (Å²) in [5.74, 6) is -0.0261. The number of carbonyl (C=O) groups excluding carboxylic acids is 1. The summed E-state index contributed by atoms with van der Waals surface area (Å²) in [6, 6.07) is 11.5. The molecule has 2 rings (SSSR count). The average molecular weight is 254 g/mol. The van der Waals surface area contributed by atoms with E-state index in [0.717, 1.165) is 23.1 Å². The maximum absolute atomic E-state index is 12.3. The van der Waals surface area contributed by atoms with E-state index in [1.165, 1.54) is 0 Å². The molecule has 1 heterocycles. The Balaban J connectivity index is 2.16. The maximum atomic E-state index is 12.3. The molecule has 19 heavy (non-hydrogen) atoms. The molecule has 0 saturated heterocycles. The second-order valence-corrected chi connectivity index (χ2v) is 4.53. The van der Waals surface area contributed by atoms with Crippen molar-refractivity contribution in [3.63, 3.8) is 0 Å². The number of benzene rings is 1. The minimum absolute atomic E-state index is 0.0232. The van der Waals surface area contributed by atoms with Crippen molar-refractivity contribution in [1.82, 2.24) is 10.3 Å². The first kappa shape index (κ1) is 13.3. The van der Waals surface area contributed by atoms with E-state index in [0.29, 0.717) is 0 Å². The van der Waals surface area contributed by atoms with Crippen LogP contribution in [-0.4, -0.2) is 10.9 Å². The van der Waals surface area contributed by atoms with Crippen LogP contribution in [0, 0.1) is 6.92 Å². The van der Waals surface area contributed by atoms with Crippen molar-refractivity contribution in [3.05, 3.63) is 65.5 Å². The van der Waals surface area contributed by atoms with Gasteiger partial charge in [0.2, 0.25) is 0 Å². The van der Waals surface area contributed by atoms with Gasteiger partial charge in [-0.25, -0.2) is 0 Å². The number of hydrogen-bond acceptors (Lipinski definition) is 2. The summed E-state index contributed by atoms with van der Waals surface area (Å²) in [5, 5.41) is 3.07. The van der Waals surface area contributed by atoms with E-state index in [1.54, 1.807) is 12.4 Å². The molecule has 1 atom stereocenters. The first-order valence-corrected chi connectivity index (χ1v) is 6.48. The van der Waals surface area contributed by atoms with Crippen LogP contribution in [0.4, 0.5) is 0 Å². The standard InChI is InChI=1S/C16H18N2O/c1-3-15(13-8-10-17-11-9-13)18-16(19)14-7-5-4-6-12(14)2/h4-11,15H,3H2,1-2H3,(H,18,19). The molecule has 0 aliphatic carbocycles. The Morgan fingerprint density at radius 3 is 2.53 bits per heavy atom. The smallest absolute Gasteiger partial charge is 0.252 e. The van der Waals surface area contributed by atoms with E-state index < -0.39 is 0 Å². The predicted octanol–water partition coefficient (Wildman–Crippen LogP) is 3.27. The highest BCUT2D eigenvalue weighted by atomic mass is 16.1. The van der Waals surface area contributed by atoms with Gasteiger partial charge in [-0.15, -0.1) is 0 Å². The number of pyridine rings is 1. The predicted molar refractivity (Wildman–Crippen MR) is 75.9 cm³/mol. The molecule has 1 aromatic heterocycles. The number of rotatable bonds is 4. The summed E-state index contributed by atoms with van der Waals surface area (Å²) in [7, 11) is 0. The number of aryl methyl sites for hydroxylation is 1. The Bertz CT molecular complexity index is 552. The third-order valence-electron chi connectivity index (χ3n) is 3.21. The Morgan fingerprint density at radius 1 is 1.21 bits per heavy atom. The van der Waals surface area contributed by atoms with E-state index in [-0.39, 0.29) is 11.9 Å². The number of nitrogens with one attached hydrogen (secondary N) is 1. The van der Waals surface area contributed by atoms with E-state index in [9.17, 15) is 4.79 Å². The molecular weight excluding hydrogens is 236 g/mol. The molecule has 1 N–H and O–H groups in total. The molecule has 0 saturated carbocycles. The number of nitrogens with zero attached hydrogens (tertiary/aromatic N) is 1. The van der Waals surface area contributed by atoms with Gasteiger partial charge in [0.15, 0.2) is 0 Å². The van der Waals surface area contributed by atoms with Gasteiger partial charge in [-0.3, -0.25) is 9.78 Å². The molecule has 0 bridgehead atoms. The van der Waals surface area contributed by atoms with Crippen LogP contribution < -0.4 is 5.32 Å². The van der Waals surface area contributed by atoms with E-state index in [1.807, 2.05) is 43.3 Å². The maximum Gasteiger partial charge on any atom is 0.252 e. The molecule has 0 spiro atoms. The highest BCUT2D eigenvalue weighted by molar-refractivity contribution is 5.95. The minimum atomic E-state index is -0.0261. The second-order valence-electron chi connectivity index (χ2n) is 4.53. The van der Waals surface area contributed by atoms with Gasteiger partial charge in [-0.1, -0.05) is 25.1 Å². The molecule has 3 heteroatoms. The van der Waals surface area contributed by atoms with E-state index >= 15 is 0 Å². The largest absolute Gasteiger partial charge is 0.345 e. The molecule has 98 valence electrons. The average Bonchev–Trinajstić information content (AvgIpc) is 2.46. The monoisotopic (exact) mass is 254 g/mol. The summed E-state index contributed by atoms with van der Waals surface area (Å²) in [4.78, 5) is 16.3. The second kappa shape index (κ2) is 6.14. The van der Waals surface area contributed by atoms with Crippen molar-refractivity contribution >= 4 is 5.91 Å². The Morgan fingerprint density at radius 2 is 1.89 bits per heavy atom. The van der Waals surface area contributed by atoms with Gasteiger partial charge in [0.25, 0.3) is 5.91 Å². The lowest BCUT2D eigenvalue weighted by Crippen LogP contribution is -2.28. The van der Waals surface area contributed by atoms with Crippen LogP contribution in [0.2, 0.25) is 0 Å². The lowest BCUT2D eigenvalue weighted by atomic mass is 10.0. The van der Waals surface area contributed by atoms with Gasteiger partial charge in [-0.2, -0.15) is 0 Å². The SMILES string of the molecule is CCC(NC(=O)c1ccccc1C)c1ccncc1. The van der Waals surface area contributed by atoms with Crippen molar-refractivity contribution < 1.29 is 4.79 Å². The number of amides is 1. The van der Waals surface area contributed by atoms with Crippen molar-refractivity contribution in [2.75, 3.05) is 0 Å². The molecule has 2 aromatic rings. The molecule has 1 amide bonds. The fourth-order valence-corrected chi connectivity index (χ4v) is 2.08. The van der Waals surface area contributed by atoms with Crippen LogP contribution in [0.5, 0.6) is 0 Å². The summed E-state index contributed by atoms with van der Waals surface area (Å²) in [6.45, 7) is 4.01.